The molecule has 0 amide bonds. The van der Waals surface area contributed by atoms with E-state index in [2.05, 4.69) is 19.9 Å². The third-order valence-electron chi connectivity index (χ3n) is 2.61. The largest absolute Gasteiger partial charge is 0.476 e. The zero-order chi connectivity index (χ0) is 15.1. The van der Waals surface area contributed by atoms with E-state index in [1.54, 1.807) is 6.92 Å². The Hall–Kier alpha value is -1.94. The Kier molecular flexibility index (Phi) is 3.52. The van der Waals surface area contributed by atoms with Crippen LogP contribution in [0.1, 0.15) is 26.8 Å². The maximum Gasteiger partial charge on any atom is 0.357 e. The number of hydrogen-bond donors (Lipinski definition) is 3. The van der Waals surface area contributed by atoms with Gasteiger partial charge in [-0.2, -0.15) is 5.10 Å². The number of hydrogen-bond acceptors (Lipinski definition) is 6. The Bertz CT molecular complexity index is 756. The van der Waals surface area contributed by atoms with Crippen molar-refractivity contribution in [1.29, 1.82) is 0 Å². The Morgan fingerprint density at radius 1 is 1.35 bits per heavy atom. The van der Waals surface area contributed by atoms with Crippen LogP contribution in [0, 0.1) is 20.8 Å². The number of carboxylic acid groups (broad SMARTS) is 1. The number of carboxylic acids is 1. The molecule has 20 heavy (non-hydrogen) atoms. The van der Waals surface area contributed by atoms with Crippen LogP contribution in [0.4, 0.5) is 5.13 Å². The summed E-state index contributed by atoms with van der Waals surface area (Å²) in [6, 6.07) is 0. The number of aromatic carboxylic acids is 1. The van der Waals surface area contributed by atoms with Crippen LogP contribution in [0.2, 0.25) is 0 Å². The molecule has 2 heterocycles. The van der Waals surface area contributed by atoms with E-state index in [-0.39, 0.29) is 15.7 Å². The summed E-state index contributed by atoms with van der Waals surface area (Å²) < 4.78 is 26.8. The molecule has 0 aromatic carbocycles. The predicted molar refractivity (Wildman–Crippen MR) is 72.7 cm³/mol. The highest BCUT2D eigenvalue weighted by Gasteiger charge is 2.29. The molecule has 108 valence electrons. The summed E-state index contributed by atoms with van der Waals surface area (Å²) >= 11 is 1.18. The highest BCUT2D eigenvalue weighted by Crippen LogP contribution is 2.26. The Morgan fingerprint density at radius 2 is 2.00 bits per heavy atom. The van der Waals surface area contributed by atoms with E-state index in [9.17, 15) is 13.2 Å². The van der Waals surface area contributed by atoms with E-state index >= 15 is 0 Å². The molecule has 8 nitrogen and oxygen atoms in total. The van der Waals surface area contributed by atoms with Gasteiger partial charge in [-0.15, -0.1) is 11.3 Å². The molecule has 3 N–H and O–H groups in total. The van der Waals surface area contributed by atoms with Crippen molar-refractivity contribution in [2.24, 2.45) is 0 Å². The van der Waals surface area contributed by atoms with Crippen molar-refractivity contribution in [3.8, 4) is 0 Å². The molecule has 0 saturated carbocycles. The van der Waals surface area contributed by atoms with Gasteiger partial charge in [0.1, 0.15) is 4.90 Å². The second-order valence-electron chi connectivity index (χ2n) is 4.10. The van der Waals surface area contributed by atoms with Gasteiger partial charge < -0.3 is 5.11 Å². The second-order valence-corrected chi connectivity index (χ2v) is 6.92. The Morgan fingerprint density at radius 3 is 2.50 bits per heavy atom. The van der Waals surface area contributed by atoms with Crippen LogP contribution in [0.3, 0.4) is 0 Å². The summed E-state index contributed by atoms with van der Waals surface area (Å²) in [5.74, 6) is -1.42. The smallest absolute Gasteiger partial charge is 0.357 e. The zero-order valence-electron chi connectivity index (χ0n) is 10.9. The lowest BCUT2D eigenvalue weighted by atomic mass is 10.4. The fourth-order valence-electron chi connectivity index (χ4n) is 1.58. The van der Waals surface area contributed by atoms with Gasteiger partial charge in [-0.05, 0) is 20.8 Å². The van der Waals surface area contributed by atoms with Gasteiger partial charge in [0, 0.05) is 4.88 Å². The molecule has 0 aliphatic heterocycles. The number of carbonyl (C=O) groups is 1. The average molecular weight is 316 g/mol. The van der Waals surface area contributed by atoms with Gasteiger partial charge in [0.15, 0.2) is 10.8 Å². The molecule has 2 aromatic heterocycles. The van der Waals surface area contributed by atoms with Crippen molar-refractivity contribution in [3.63, 3.8) is 0 Å². The monoisotopic (exact) mass is 316 g/mol. The molecule has 0 aliphatic rings. The number of sulfonamides is 1. The number of nitrogens with zero attached hydrogens (tertiary/aromatic N) is 2. The molecular formula is C10H12N4O4S2. The van der Waals surface area contributed by atoms with E-state index in [1.165, 1.54) is 18.3 Å². The van der Waals surface area contributed by atoms with E-state index in [1.807, 2.05) is 6.92 Å². The lowest BCUT2D eigenvalue weighted by molar-refractivity contribution is 0.0686. The number of thiazole rings is 1. The predicted octanol–water partition coefficient (Wildman–Crippen LogP) is 1.29. The quantitative estimate of drug-likeness (QED) is 0.780. The van der Waals surface area contributed by atoms with Crippen LogP contribution < -0.4 is 4.72 Å². The van der Waals surface area contributed by atoms with Crippen molar-refractivity contribution in [2.45, 2.75) is 25.7 Å². The summed E-state index contributed by atoms with van der Waals surface area (Å²) in [5.41, 5.74) is 0.329. The van der Waals surface area contributed by atoms with Crippen LogP contribution in [-0.2, 0) is 10.0 Å². The van der Waals surface area contributed by atoms with Crippen LogP contribution in [-0.4, -0.2) is 34.7 Å². The van der Waals surface area contributed by atoms with Gasteiger partial charge in [0.25, 0.3) is 10.0 Å². The van der Waals surface area contributed by atoms with Crippen LogP contribution in [0.25, 0.3) is 0 Å². The first-order chi connectivity index (χ1) is 9.22. The first-order valence-electron chi connectivity index (χ1n) is 5.47. The first-order valence-corrected chi connectivity index (χ1v) is 7.77. The van der Waals surface area contributed by atoms with E-state index in [0.717, 1.165) is 10.6 Å². The molecule has 10 heteroatoms. The van der Waals surface area contributed by atoms with Crippen molar-refractivity contribution in [2.75, 3.05) is 4.72 Å². The molecule has 0 radical (unpaired) electrons. The Balaban J connectivity index is 2.45. The lowest BCUT2D eigenvalue weighted by Crippen LogP contribution is -2.16. The van der Waals surface area contributed by atoms with Crippen molar-refractivity contribution in [1.82, 2.24) is 15.2 Å². The molecular weight excluding hydrogens is 304 g/mol. The molecule has 2 aromatic rings. The van der Waals surface area contributed by atoms with Gasteiger partial charge in [-0.1, -0.05) is 0 Å². The minimum atomic E-state index is -4.06. The number of rotatable bonds is 4. The average Bonchev–Trinajstić information content (AvgIpc) is 2.83. The van der Waals surface area contributed by atoms with Gasteiger partial charge in [-0.25, -0.2) is 18.2 Å². The van der Waals surface area contributed by atoms with Crippen LogP contribution in [0.5, 0.6) is 0 Å². The summed E-state index contributed by atoms with van der Waals surface area (Å²) in [7, 11) is -4.06. The molecule has 2 rings (SSSR count). The minimum Gasteiger partial charge on any atom is -0.476 e. The van der Waals surface area contributed by atoms with E-state index in [0.29, 0.717) is 0 Å². The lowest BCUT2D eigenvalue weighted by Gasteiger charge is -2.04. The van der Waals surface area contributed by atoms with Crippen molar-refractivity contribution < 1.29 is 18.3 Å². The number of aromatic amines is 1. The Labute approximate surface area is 118 Å². The number of aromatic nitrogens is 3. The fourth-order valence-corrected chi connectivity index (χ4v) is 3.95. The number of nitrogens with one attached hydrogen (secondary N) is 2. The molecule has 0 atom stereocenters. The second kappa shape index (κ2) is 4.87. The molecule has 0 fully saturated rings. The summed E-state index contributed by atoms with van der Waals surface area (Å²) in [4.78, 5) is 15.6. The summed E-state index contributed by atoms with van der Waals surface area (Å²) in [6.45, 7) is 5.01. The van der Waals surface area contributed by atoms with Gasteiger partial charge in [0.05, 0.1) is 11.4 Å². The molecule has 0 unspecified atom stereocenters. The van der Waals surface area contributed by atoms with Gasteiger partial charge >= 0.3 is 5.97 Å². The first kappa shape index (κ1) is 14.5. The highest BCUT2D eigenvalue weighted by molar-refractivity contribution is 7.93. The van der Waals surface area contributed by atoms with E-state index < -0.39 is 21.7 Å². The minimum absolute atomic E-state index is 0.153. The maximum absolute atomic E-state index is 12.3. The molecule has 0 spiro atoms. The van der Waals surface area contributed by atoms with Crippen LogP contribution in [0.15, 0.2) is 4.90 Å². The number of aryl methyl sites for hydroxylation is 3. The van der Waals surface area contributed by atoms with Crippen molar-refractivity contribution in [3.05, 3.63) is 22.0 Å². The number of H-pyrrole nitrogens is 1. The van der Waals surface area contributed by atoms with Crippen LogP contribution >= 0.6 is 11.3 Å². The summed E-state index contributed by atoms with van der Waals surface area (Å²) in [6.07, 6.45) is 0. The molecule has 0 aliphatic carbocycles. The highest BCUT2D eigenvalue weighted by atomic mass is 32.2. The third kappa shape index (κ3) is 2.51. The van der Waals surface area contributed by atoms with E-state index in [4.69, 9.17) is 5.11 Å². The molecule has 0 saturated heterocycles. The summed E-state index contributed by atoms with van der Waals surface area (Å²) in [5, 5.41) is 15.0. The zero-order valence-corrected chi connectivity index (χ0v) is 12.5. The standard InChI is InChI=1S/C10H12N4O4S2/c1-4-6(3)19-10(11-4)14-20(17,18)8-5(2)12-13-7(8)9(15)16/h1-3H3,(H,11,14)(H,12,13)(H,15,16). The topological polar surface area (TPSA) is 125 Å². The molecule has 0 bridgehead atoms. The SMILES string of the molecule is Cc1nc(NS(=O)(=O)c2c(C(=O)O)n[nH]c2C)sc1C. The van der Waals surface area contributed by atoms with Gasteiger partial charge in [0.2, 0.25) is 0 Å². The van der Waals surface area contributed by atoms with Crippen molar-refractivity contribution >= 4 is 32.5 Å². The van der Waals surface area contributed by atoms with Gasteiger partial charge in [-0.3, -0.25) is 9.82 Å². The third-order valence-corrected chi connectivity index (χ3v) is 5.23. The maximum atomic E-state index is 12.3. The fraction of sp³-hybridized carbons (Fsp3) is 0.300. The normalized spacial score (nSPS) is 11.6. The number of anilines is 1.